The second-order valence-electron chi connectivity index (χ2n) is 14.1. The summed E-state index contributed by atoms with van der Waals surface area (Å²) in [7, 11) is 3.39. The minimum atomic E-state index is -1.08. The van der Waals surface area contributed by atoms with Crippen LogP contribution in [-0.4, -0.2) is 88.1 Å². The summed E-state index contributed by atoms with van der Waals surface area (Å²) in [4.78, 5) is 45.3. The van der Waals surface area contributed by atoms with Gasteiger partial charge >= 0.3 is 0 Å². The first kappa shape index (κ1) is 36.0. The second kappa shape index (κ2) is 18.5. The van der Waals surface area contributed by atoms with Crippen molar-refractivity contribution in [3.63, 3.8) is 0 Å². The normalized spacial score (nSPS) is 18.4. The number of carbonyl (C=O) groups excluding carboxylic acids is 3. The van der Waals surface area contributed by atoms with Crippen molar-refractivity contribution in [1.29, 1.82) is 0 Å². The number of aliphatic hydroxyl groups excluding tert-OH is 2. The van der Waals surface area contributed by atoms with Crippen molar-refractivity contribution in [3.8, 4) is 0 Å². The molecule has 8 nitrogen and oxygen atoms in total. The van der Waals surface area contributed by atoms with Crippen molar-refractivity contribution < 1.29 is 24.6 Å². The zero-order valence-corrected chi connectivity index (χ0v) is 27.8. The Kier molecular flexibility index (Phi) is 15.1. The van der Waals surface area contributed by atoms with Gasteiger partial charge in [-0.1, -0.05) is 95.5 Å². The molecule has 2 aliphatic carbocycles. The third-order valence-electron chi connectivity index (χ3n) is 9.65. The Hall–Kier alpha value is -2.45. The number of likely N-dealkylation sites (N-methyl/N-ethyl adjacent to an activating group) is 1. The van der Waals surface area contributed by atoms with Crippen LogP contribution >= 0.6 is 0 Å². The molecule has 0 heterocycles. The summed E-state index contributed by atoms with van der Waals surface area (Å²) < 4.78 is 0. The van der Waals surface area contributed by atoms with Crippen LogP contribution in [0.25, 0.3) is 0 Å². The molecule has 2 saturated carbocycles. The van der Waals surface area contributed by atoms with Crippen molar-refractivity contribution in [2.45, 2.75) is 129 Å². The molecular formula is C36H59N3O5. The maximum atomic E-state index is 14.1. The lowest BCUT2D eigenvalue weighted by atomic mass is 9.81. The van der Waals surface area contributed by atoms with E-state index in [2.05, 4.69) is 0 Å². The molecule has 3 amide bonds. The molecule has 3 atom stereocenters. The highest BCUT2D eigenvalue weighted by Crippen LogP contribution is 2.32. The highest BCUT2D eigenvalue weighted by atomic mass is 16.3. The zero-order valence-electron chi connectivity index (χ0n) is 27.8. The summed E-state index contributed by atoms with van der Waals surface area (Å²) in [6, 6.07) is 9.20. The van der Waals surface area contributed by atoms with Crippen LogP contribution in [0.15, 0.2) is 30.3 Å². The molecule has 44 heavy (non-hydrogen) atoms. The standard InChI is InChI=1S/C36H59N3O5/c1-27(2)22-32(40)36(44)31(23-28-14-8-5-9-15-28)39(25-30-18-12-7-13-19-30)34(42)21-20-33(41)38(26-35(43)37(3)4)24-29-16-10-6-11-17-29/h7,12-13,18-19,27-29,31-32,36,40,44H,5-6,8-11,14-17,20-26H2,1-4H3/t31-,32-,36+/m0/s1. The molecule has 3 rings (SSSR count). The fraction of sp³-hybridized carbons (Fsp3) is 0.750. The van der Waals surface area contributed by atoms with Crippen LogP contribution in [-0.2, 0) is 20.9 Å². The van der Waals surface area contributed by atoms with E-state index in [0.29, 0.717) is 37.8 Å². The average molecular weight is 614 g/mol. The molecule has 1 aromatic carbocycles. The first-order valence-electron chi connectivity index (χ1n) is 17.2. The van der Waals surface area contributed by atoms with E-state index in [4.69, 9.17) is 0 Å². The minimum absolute atomic E-state index is 0.00283. The van der Waals surface area contributed by atoms with Gasteiger partial charge in [-0.15, -0.1) is 0 Å². The molecule has 1 aromatic rings. The van der Waals surface area contributed by atoms with Gasteiger partial charge in [0, 0.05) is 40.0 Å². The third-order valence-corrected chi connectivity index (χ3v) is 9.65. The molecule has 248 valence electrons. The first-order valence-corrected chi connectivity index (χ1v) is 17.2. The van der Waals surface area contributed by atoms with Crippen LogP contribution in [0.1, 0.15) is 109 Å². The zero-order chi connectivity index (χ0) is 32.1. The van der Waals surface area contributed by atoms with Crippen LogP contribution < -0.4 is 0 Å². The van der Waals surface area contributed by atoms with Crippen LogP contribution in [0.4, 0.5) is 0 Å². The molecule has 0 saturated heterocycles. The molecule has 2 N–H and O–H groups in total. The van der Waals surface area contributed by atoms with Gasteiger partial charge in [0.05, 0.1) is 18.7 Å². The van der Waals surface area contributed by atoms with Crippen LogP contribution in [0.2, 0.25) is 0 Å². The number of aliphatic hydroxyl groups is 2. The highest BCUT2D eigenvalue weighted by Gasteiger charge is 2.36. The SMILES string of the molecule is CC(C)C[C@H](O)[C@H](O)[C@H](CC1CCCCC1)N(Cc1ccccc1)C(=O)CCC(=O)N(CC(=O)N(C)C)CC1CCCCC1. The van der Waals surface area contributed by atoms with E-state index in [1.807, 2.05) is 44.2 Å². The molecular weight excluding hydrogens is 554 g/mol. The maximum Gasteiger partial charge on any atom is 0.241 e. The first-order chi connectivity index (χ1) is 21.0. The number of rotatable bonds is 16. The van der Waals surface area contributed by atoms with Gasteiger partial charge in [0.25, 0.3) is 0 Å². The van der Waals surface area contributed by atoms with Gasteiger partial charge < -0.3 is 24.9 Å². The van der Waals surface area contributed by atoms with Gasteiger partial charge in [0.15, 0.2) is 0 Å². The van der Waals surface area contributed by atoms with Gasteiger partial charge in [0.1, 0.15) is 6.10 Å². The monoisotopic (exact) mass is 613 g/mol. The number of carbonyl (C=O) groups is 3. The predicted molar refractivity (Wildman–Crippen MR) is 175 cm³/mol. The Bertz CT molecular complexity index is 1000. The van der Waals surface area contributed by atoms with Crippen LogP contribution in [0, 0.1) is 17.8 Å². The quantitative estimate of drug-likeness (QED) is 0.260. The van der Waals surface area contributed by atoms with Crippen molar-refractivity contribution in [2.24, 2.45) is 17.8 Å². The molecule has 0 aromatic heterocycles. The van der Waals surface area contributed by atoms with Gasteiger partial charge in [-0.25, -0.2) is 0 Å². The summed E-state index contributed by atoms with van der Waals surface area (Å²) in [6.45, 7) is 4.91. The topological polar surface area (TPSA) is 101 Å². The summed E-state index contributed by atoms with van der Waals surface area (Å²) in [5.74, 6) is 0.459. The lowest BCUT2D eigenvalue weighted by Gasteiger charge is -2.40. The Balaban J connectivity index is 1.82. The van der Waals surface area contributed by atoms with Crippen molar-refractivity contribution >= 4 is 17.7 Å². The van der Waals surface area contributed by atoms with E-state index >= 15 is 0 Å². The van der Waals surface area contributed by atoms with Gasteiger partial charge in [-0.2, -0.15) is 0 Å². The molecule has 0 radical (unpaired) electrons. The van der Waals surface area contributed by atoms with Gasteiger partial charge in [-0.3, -0.25) is 14.4 Å². The van der Waals surface area contributed by atoms with E-state index in [1.54, 1.807) is 23.9 Å². The van der Waals surface area contributed by atoms with Crippen LogP contribution in [0.5, 0.6) is 0 Å². The summed E-state index contributed by atoms with van der Waals surface area (Å²) in [5.41, 5.74) is 0.946. The van der Waals surface area contributed by atoms with Crippen molar-refractivity contribution in [3.05, 3.63) is 35.9 Å². The maximum absolute atomic E-state index is 14.1. The van der Waals surface area contributed by atoms with E-state index in [-0.39, 0.29) is 43.0 Å². The smallest absolute Gasteiger partial charge is 0.241 e. The Labute approximate surface area is 266 Å². The molecule has 2 aliphatic rings. The molecule has 0 bridgehead atoms. The van der Waals surface area contributed by atoms with Crippen LogP contribution in [0.3, 0.4) is 0 Å². The number of nitrogens with zero attached hydrogens (tertiary/aromatic N) is 3. The average Bonchev–Trinajstić information content (AvgIpc) is 3.01. The molecule has 0 aliphatic heterocycles. The van der Waals surface area contributed by atoms with Crippen molar-refractivity contribution in [1.82, 2.24) is 14.7 Å². The lowest BCUT2D eigenvalue weighted by Crippen LogP contribution is -2.52. The van der Waals surface area contributed by atoms with E-state index in [0.717, 1.165) is 56.9 Å². The summed E-state index contributed by atoms with van der Waals surface area (Å²) >= 11 is 0. The number of hydrogen-bond acceptors (Lipinski definition) is 5. The second-order valence-corrected chi connectivity index (χ2v) is 14.1. The fourth-order valence-corrected chi connectivity index (χ4v) is 7.02. The van der Waals surface area contributed by atoms with Crippen molar-refractivity contribution in [2.75, 3.05) is 27.2 Å². The van der Waals surface area contributed by atoms with E-state index in [1.165, 1.54) is 17.7 Å². The highest BCUT2D eigenvalue weighted by molar-refractivity contribution is 5.87. The third kappa shape index (κ3) is 11.8. The summed E-state index contributed by atoms with van der Waals surface area (Å²) in [6.07, 6.45) is 10.3. The number of amides is 3. The Morgan fingerprint density at radius 2 is 1.36 bits per heavy atom. The van der Waals surface area contributed by atoms with Gasteiger partial charge in [0.2, 0.25) is 17.7 Å². The largest absolute Gasteiger partial charge is 0.390 e. The molecule has 0 unspecified atom stereocenters. The fourth-order valence-electron chi connectivity index (χ4n) is 7.02. The molecule has 0 spiro atoms. The number of hydrogen-bond donors (Lipinski definition) is 2. The van der Waals surface area contributed by atoms with E-state index in [9.17, 15) is 24.6 Å². The lowest BCUT2D eigenvalue weighted by molar-refractivity contribution is -0.145. The molecule has 2 fully saturated rings. The molecule has 8 heteroatoms. The number of benzene rings is 1. The summed E-state index contributed by atoms with van der Waals surface area (Å²) in [5, 5.41) is 22.7. The van der Waals surface area contributed by atoms with E-state index < -0.39 is 18.2 Å². The predicted octanol–water partition coefficient (Wildman–Crippen LogP) is 5.40. The Morgan fingerprint density at radius 3 is 1.93 bits per heavy atom. The van der Waals surface area contributed by atoms with Gasteiger partial charge in [-0.05, 0) is 49.0 Å². The Morgan fingerprint density at radius 1 is 0.795 bits per heavy atom. The minimum Gasteiger partial charge on any atom is -0.390 e.